The molecule has 2 heterocycles. The molecule has 2 aromatic rings. The molecule has 0 radical (unpaired) electrons. The zero-order chi connectivity index (χ0) is 16.9. The van der Waals surface area contributed by atoms with Crippen molar-refractivity contribution in [3.63, 3.8) is 0 Å². The van der Waals surface area contributed by atoms with Crippen LogP contribution in [0.25, 0.3) is 0 Å². The molecule has 1 aromatic carbocycles. The van der Waals surface area contributed by atoms with E-state index in [2.05, 4.69) is 5.32 Å². The molecule has 0 bridgehead atoms. The van der Waals surface area contributed by atoms with Crippen molar-refractivity contribution in [2.24, 2.45) is 0 Å². The minimum absolute atomic E-state index is 0.0804. The quantitative estimate of drug-likeness (QED) is 0.921. The molecule has 0 saturated carbocycles. The first-order chi connectivity index (χ1) is 11.6. The minimum atomic E-state index is -0.106. The first kappa shape index (κ1) is 16.5. The van der Waals surface area contributed by atoms with E-state index in [0.29, 0.717) is 43.5 Å². The molecule has 6 nitrogen and oxygen atoms in total. The summed E-state index contributed by atoms with van der Waals surface area (Å²) in [6.07, 6.45) is 1.49. The molecular formula is C17H18ClN3O3. The Morgan fingerprint density at radius 1 is 1.08 bits per heavy atom. The second-order valence-corrected chi connectivity index (χ2v) is 6.04. The summed E-state index contributed by atoms with van der Waals surface area (Å²) in [6.45, 7) is 2.76. The van der Waals surface area contributed by atoms with Gasteiger partial charge in [0.15, 0.2) is 5.76 Å². The summed E-state index contributed by atoms with van der Waals surface area (Å²) >= 11 is 5.82. The number of rotatable bonds is 4. The monoisotopic (exact) mass is 347 g/mol. The fourth-order valence-electron chi connectivity index (χ4n) is 2.60. The van der Waals surface area contributed by atoms with Crippen molar-refractivity contribution in [2.45, 2.75) is 0 Å². The van der Waals surface area contributed by atoms with Gasteiger partial charge in [0, 0.05) is 36.9 Å². The topological polar surface area (TPSA) is 65.8 Å². The van der Waals surface area contributed by atoms with Crippen LogP contribution in [0.2, 0.25) is 5.02 Å². The van der Waals surface area contributed by atoms with Gasteiger partial charge in [-0.15, -0.1) is 0 Å². The van der Waals surface area contributed by atoms with Crippen molar-refractivity contribution in [2.75, 3.05) is 38.0 Å². The van der Waals surface area contributed by atoms with E-state index in [1.165, 1.54) is 6.26 Å². The molecule has 0 atom stereocenters. The Hall–Kier alpha value is -2.31. The van der Waals surface area contributed by atoms with Gasteiger partial charge in [-0.1, -0.05) is 11.6 Å². The number of hydrogen-bond acceptors (Lipinski definition) is 4. The number of benzene rings is 1. The van der Waals surface area contributed by atoms with Crippen molar-refractivity contribution < 1.29 is 14.0 Å². The Kier molecular flexibility index (Phi) is 5.17. The van der Waals surface area contributed by atoms with Crippen LogP contribution < -0.4 is 5.32 Å². The number of nitrogens with one attached hydrogen (secondary N) is 1. The average molecular weight is 348 g/mol. The van der Waals surface area contributed by atoms with E-state index < -0.39 is 0 Å². The number of halogens is 1. The Morgan fingerprint density at radius 2 is 1.79 bits per heavy atom. The second kappa shape index (κ2) is 7.51. The molecule has 1 aliphatic heterocycles. The highest BCUT2D eigenvalue weighted by molar-refractivity contribution is 6.30. The van der Waals surface area contributed by atoms with Crippen LogP contribution in [-0.2, 0) is 4.79 Å². The lowest BCUT2D eigenvalue weighted by atomic mass is 10.2. The first-order valence-electron chi connectivity index (χ1n) is 7.72. The van der Waals surface area contributed by atoms with Crippen molar-refractivity contribution in [3.8, 4) is 0 Å². The maximum Gasteiger partial charge on any atom is 0.289 e. The van der Waals surface area contributed by atoms with Crippen molar-refractivity contribution in [1.82, 2.24) is 9.80 Å². The largest absolute Gasteiger partial charge is 0.459 e. The van der Waals surface area contributed by atoms with Gasteiger partial charge in [0.2, 0.25) is 5.91 Å². The van der Waals surface area contributed by atoms with E-state index in [4.69, 9.17) is 16.0 Å². The van der Waals surface area contributed by atoms with Crippen molar-refractivity contribution in [3.05, 3.63) is 53.4 Å². The standard InChI is InChI=1S/C17H18ClN3O3/c18-13-3-5-14(6-4-13)19-16(22)12-20-7-9-21(10-8-20)17(23)15-2-1-11-24-15/h1-6,11H,7-10,12H2,(H,19,22). The van der Waals surface area contributed by atoms with Crippen LogP contribution in [0, 0.1) is 0 Å². The molecule has 0 unspecified atom stereocenters. The fraction of sp³-hybridized carbons (Fsp3) is 0.294. The van der Waals surface area contributed by atoms with E-state index >= 15 is 0 Å². The van der Waals surface area contributed by atoms with Gasteiger partial charge < -0.3 is 14.6 Å². The number of hydrogen-bond donors (Lipinski definition) is 1. The molecule has 0 aliphatic carbocycles. The fourth-order valence-corrected chi connectivity index (χ4v) is 2.73. The van der Waals surface area contributed by atoms with E-state index in [-0.39, 0.29) is 11.8 Å². The number of piperazine rings is 1. The van der Waals surface area contributed by atoms with E-state index in [1.807, 2.05) is 4.90 Å². The average Bonchev–Trinajstić information content (AvgIpc) is 3.11. The van der Waals surface area contributed by atoms with Crippen molar-refractivity contribution in [1.29, 1.82) is 0 Å². The summed E-state index contributed by atoms with van der Waals surface area (Å²) in [5, 5.41) is 3.47. The molecule has 1 saturated heterocycles. The molecule has 1 aliphatic rings. The van der Waals surface area contributed by atoms with Gasteiger partial charge in [-0.2, -0.15) is 0 Å². The van der Waals surface area contributed by atoms with Gasteiger partial charge in [0.25, 0.3) is 5.91 Å². The lowest BCUT2D eigenvalue weighted by Gasteiger charge is -2.33. The number of carbonyl (C=O) groups is 2. The minimum Gasteiger partial charge on any atom is -0.459 e. The van der Waals surface area contributed by atoms with Gasteiger partial charge in [-0.25, -0.2) is 0 Å². The third kappa shape index (κ3) is 4.15. The van der Waals surface area contributed by atoms with Crippen LogP contribution in [0.5, 0.6) is 0 Å². The van der Waals surface area contributed by atoms with Gasteiger partial charge >= 0.3 is 0 Å². The third-order valence-corrected chi connectivity index (χ3v) is 4.14. The van der Waals surface area contributed by atoms with Crippen LogP contribution >= 0.6 is 11.6 Å². The van der Waals surface area contributed by atoms with Gasteiger partial charge in [0.05, 0.1) is 12.8 Å². The van der Waals surface area contributed by atoms with Gasteiger partial charge in [-0.3, -0.25) is 14.5 Å². The molecule has 2 amide bonds. The molecule has 24 heavy (non-hydrogen) atoms. The number of furan rings is 1. The number of anilines is 1. The molecule has 126 valence electrons. The van der Waals surface area contributed by atoms with Crippen LogP contribution in [0.1, 0.15) is 10.6 Å². The van der Waals surface area contributed by atoms with Crippen LogP contribution in [0.15, 0.2) is 47.1 Å². The van der Waals surface area contributed by atoms with E-state index in [9.17, 15) is 9.59 Å². The lowest BCUT2D eigenvalue weighted by molar-refractivity contribution is -0.117. The highest BCUT2D eigenvalue weighted by atomic mass is 35.5. The maximum atomic E-state index is 12.2. The zero-order valence-electron chi connectivity index (χ0n) is 13.1. The normalized spacial score (nSPS) is 15.3. The summed E-state index contributed by atoms with van der Waals surface area (Å²) in [4.78, 5) is 28.0. The predicted octanol–water partition coefficient (Wildman–Crippen LogP) is 2.33. The van der Waals surface area contributed by atoms with Crippen LogP contribution in [0.4, 0.5) is 5.69 Å². The number of amides is 2. The molecule has 0 spiro atoms. The molecule has 1 fully saturated rings. The summed E-state index contributed by atoms with van der Waals surface area (Å²) in [7, 11) is 0. The third-order valence-electron chi connectivity index (χ3n) is 3.89. The maximum absolute atomic E-state index is 12.2. The van der Waals surface area contributed by atoms with Crippen LogP contribution in [0.3, 0.4) is 0 Å². The Labute approximate surface area is 145 Å². The molecular weight excluding hydrogens is 330 g/mol. The molecule has 3 rings (SSSR count). The van der Waals surface area contributed by atoms with Crippen molar-refractivity contribution >= 4 is 29.1 Å². The summed E-state index contributed by atoms with van der Waals surface area (Å²) in [6, 6.07) is 10.4. The lowest BCUT2D eigenvalue weighted by Crippen LogP contribution is -2.50. The van der Waals surface area contributed by atoms with Gasteiger partial charge in [0.1, 0.15) is 0 Å². The zero-order valence-corrected chi connectivity index (χ0v) is 13.8. The second-order valence-electron chi connectivity index (χ2n) is 5.60. The first-order valence-corrected chi connectivity index (χ1v) is 8.10. The highest BCUT2D eigenvalue weighted by Gasteiger charge is 2.24. The molecule has 7 heteroatoms. The summed E-state index contributed by atoms with van der Waals surface area (Å²) < 4.78 is 5.14. The number of nitrogens with zero attached hydrogens (tertiary/aromatic N) is 2. The molecule has 1 N–H and O–H groups in total. The summed E-state index contributed by atoms with van der Waals surface area (Å²) in [5.74, 6) is 0.164. The Balaban J connectivity index is 1.46. The molecule has 1 aromatic heterocycles. The van der Waals surface area contributed by atoms with E-state index in [1.54, 1.807) is 41.3 Å². The smallest absolute Gasteiger partial charge is 0.289 e. The number of carbonyl (C=O) groups excluding carboxylic acids is 2. The predicted molar refractivity (Wildman–Crippen MR) is 91.1 cm³/mol. The highest BCUT2D eigenvalue weighted by Crippen LogP contribution is 2.14. The Bertz CT molecular complexity index is 692. The van der Waals surface area contributed by atoms with Gasteiger partial charge in [-0.05, 0) is 36.4 Å². The van der Waals surface area contributed by atoms with Crippen LogP contribution in [-0.4, -0.2) is 54.3 Å². The summed E-state index contributed by atoms with van der Waals surface area (Å²) in [5.41, 5.74) is 0.719. The SMILES string of the molecule is O=C(CN1CCN(C(=O)c2ccco2)CC1)Nc1ccc(Cl)cc1. The van der Waals surface area contributed by atoms with E-state index in [0.717, 1.165) is 5.69 Å². The Morgan fingerprint density at radius 3 is 2.42 bits per heavy atom.